The molecule has 0 saturated heterocycles. The Morgan fingerprint density at radius 3 is 1.38 bits per heavy atom. The predicted octanol–water partition coefficient (Wildman–Crippen LogP) is 2.72. The molecule has 0 aliphatic heterocycles. The van der Waals surface area contributed by atoms with Crippen LogP contribution in [0.25, 0.3) is 0 Å². The van der Waals surface area contributed by atoms with Gasteiger partial charge in [-0.05, 0) is 36.4 Å². The topological polar surface area (TPSA) is 126 Å². The quantitative estimate of drug-likeness (QED) is 0.585. The molecule has 2 N–H and O–H groups in total. The van der Waals surface area contributed by atoms with Crippen LogP contribution in [-0.2, 0) is 20.2 Å². The van der Waals surface area contributed by atoms with E-state index in [1.54, 1.807) is 0 Å². The zero-order chi connectivity index (χ0) is 18.3. The molecule has 7 nitrogen and oxygen atoms in total. The number of ketones is 1. The summed E-state index contributed by atoms with van der Waals surface area (Å²) in [5, 5.41) is -0.129. The minimum atomic E-state index is -4.81. The summed E-state index contributed by atoms with van der Waals surface area (Å²) in [6.07, 6.45) is 0. The first kappa shape index (κ1) is 18.8. The highest BCUT2D eigenvalue weighted by molar-refractivity contribution is 7.86. The van der Waals surface area contributed by atoms with Gasteiger partial charge in [0.2, 0.25) is 0 Å². The molecule has 24 heavy (non-hydrogen) atoms. The average Bonchev–Trinajstić information content (AvgIpc) is 2.44. The highest BCUT2D eigenvalue weighted by atomic mass is 35.5. The largest absolute Gasteiger partial charge is 0.295 e. The third kappa shape index (κ3) is 3.94. The summed E-state index contributed by atoms with van der Waals surface area (Å²) in [5.41, 5.74) is -1.04. The smallest absolute Gasteiger partial charge is 0.289 e. The number of hydrogen-bond donors (Lipinski definition) is 2. The Kier molecular flexibility index (Phi) is 5.05. The van der Waals surface area contributed by atoms with Crippen molar-refractivity contribution < 1.29 is 30.7 Å². The number of carbonyl (C=O) groups excluding carboxylic acids is 1. The van der Waals surface area contributed by atoms with Gasteiger partial charge in [-0.3, -0.25) is 13.9 Å². The number of benzene rings is 2. The first-order chi connectivity index (χ1) is 10.9. The zero-order valence-corrected chi connectivity index (χ0v) is 14.6. The fourth-order valence-corrected chi connectivity index (χ4v) is 3.84. The molecule has 0 unspecified atom stereocenters. The summed E-state index contributed by atoms with van der Waals surface area (Å²) >= 11 is 11.3. The van der Waals surface area contributed by atoms with Crippen LogP contribution in [0.1, 0.15) is 15.9 Å². The maximum Gasteiger partial charge on any atom is 0.295 e. The molecule has 0 spiro atoms. The molecule has 2 rings (SSSR count). The lowest BCUT2D eigenvalue weighted by atomic mass is 10.0. The molecule has 0 saturated carbocycles. The van der Waals surface area contributed by atoms with Crippen LogP contribution in [0, 0.1) is 0 Å². The highest BCUT2D eigenvalue weighted by Gasteiger charge is 2.27. The normalized spacial score (nSPS) is 12.2. The molecule has 2 aromatic rings. The van der Waals surface area contributed by atoms with Crippen LogP contribution in [0.5, 0.6) is 0 Å². The molecular formula is C13H8Cl2O7S2. The molecule has 128 valence electrons. The van der Waals surface area contributed by atoms with Crippen LogP contribution in [0.4, 0.5) is 0 Å². The molecule has 11 heteroatoms. The number of halogens is 2. The van der Waals surface area contributed by atoms with Crippen LogP contribution >= 0.6 is 23.2 Å². The van der Waals surface area contributed by atoms with Gasteiger partial charge < -0.3 is 0 Å². The third-order valence-corrected chi connectivity index (χ3v) is 5.19. The summed E-state index contributed by atoms with van der Waals surface area (Å²) in [4.78, 5) is 11.0. The molecule has 0 aliphatic carbocycles. The van der Waals surface area contributed by atoms with Gasteiger partial charge in [0, 0.05) is 21.2 Å². The predicted molar refractivity (Wildman–Crippen MR) is 86.0 cm³/mol. The van der Waals surface area contributed by atoms with Crippen molar-refractivity contribution in [2.24, 2.45) is 0 Å². The van der Waals surface area contributed by atoms with Crippen LogP contribution < -0.4 is 0 Å². The van der Waals surface area contributed by atoms with E-state index in [-0.39, 0.29) is 10.0 Å². The second-order valence-electron chi connectivity index (χ2n) is 4.56. The van der Waals surface area contributed by atoms with E-state index in [1.807, 2.05) is 0 Å². The van der Waals surface area contributed by atoms with Gasteiger partial charge in [0.1, 0.15) is 9.79 Å². The molecule has 0 amide bonds. The molecule has 0 aliphatic rings. The average molecular weight is 411 g/mol. The Morgan fingerprint density at radius 2 is 1.08 bits per heavy atom. The maximum absolute atomic E-state index is 12.6. The van der Waals surface area contributed by atoms with Crippen molar-refractivity contribution in [3.05, 3.63) is 57.6 Å². The Labute approximate surface area is 147 Å². The molecule has 2 aromatic carbocycles. The lowest BCUT2D eigenvalue weighted by Gasteiger charge is -2.10. The van der Waals surface area contributed by atoms with Crippen LogP contribution in [0.2, 0.25) is 10.0 Å². The Morgan fingerprint density at radius 1 is 0.750 bits per heavy atom. The zero-order valence-electron chi connectivity index (χ0n) is 11.5. The fraction of sp³-hybridized carbons (Fsp3) is 0. The van der Waals surface area contributed by atoms with Crippen molar-refractivity contribution >= 4 is 49.2 Å². The third-order valence-electron chi connectivity index (χ3n) is 2.93. The van der Waals surface area contributed by atoms with Crippen molar-refractivity contribution in [3.8, 4) is 0 Å². The molecule has 0 heterocycles. The standard InChI is InChI=1S/C13H8Cl2O7S2/c14-7-1-3-9(11(5-7)23(17,18)19)13(16)10-4-2-8(15)6-12(10)24(20,21)22/h1-6H,(H,17,18,19)(H,20,21,22). The van der Waals surface area contributed by atoms with Gasteiger partial charge in [-0.1, -0.05) is 23.2 Å². The second kappa shape index (κ2) is 6.43. The fourth-order valence-electron chi connectivity index (χ4n) is 1.94. The van der Waals surface area contributed by atoms with Crippen LogP contribution in [0.3, 0.4) is 0 Å². The van der Waals surface area contributed by atoms with Crippen molar-refractivity contribution in [1.82, 2.24) is 0 Å². The van der Waals surface area contributed by atoms with Gasteiger partial charge in [0.15, 0.2) is 5.78 Å². The van der Waals surface area contributed by atoms with Crippen molar-refractivity contribution in [1.29, 1.82) is 0 Å². The van der Waals surface area contributed by atoms with Gasteiger partial charge in [0.05, 0.1) is 0 Å². The Hall–Kier alpha value is -1.49. The number of rotatable bonds is 4. The van der Waals surface area contributed by atoms with E-state index in [4.69, 9.17) is 23.2 Å². The van der Waals surface area contributed by atoms with E-state index in [9.17, 15) is 30.7 Å². The maximum atomic E-state index is 12.6. The summed E-state index contributed by atoms with van der Waals surface area (Å²) in [5.74, 6) is -1.07. The summed E-state index contributed by atoms with van der Waals surface area (Å²) in [7, 11) is -9.62. The molecule has 0 fully saturated rings. The Bertz CT molecular complexity index is 960. The van der Waals surface area contributed by atoms with Gasteiger partial charge in [-0.15, -0.1) is 0 Å². The minimum Gasteiger partial charge on any atom is -0.289 e. The monoisotopic (exact) mass is 410 g/mol. The summed E-state index contributed by atoms with van der Waals surface area (Å²) in [6.45, 7) is 0. The van der Waals surface area contributed by atoms with Gasteiger partial charge in [-0.25, -0.2) is 0 Å². The van der Waals surface area contributed by atoms with E-state index in [0.29, 0.717) is 0 Å². The first-order valence-corrected chi connectivity index (χ1v) is 9.63. The molecule has 0 aromatic heterocycles. The minimum absolute atomic E-state index is 0.0646. The molecule has 0 atom stereocenters. The van der Waals surface area contributed by atoms with Gasteiger partial charge in [0.25, 0.3) is 20.2 Å². The van der Waals surface area contributed by atoms with Gasteiger partial charge >= 0.3 is 0 Å². The van der Waals surface area contributed by atoms with E-state index in [1.165, 1.54) is 12.1 Å². The lowest BCUT2D eigenvalue weighted by molar-refractivity contribution is 0.103. The van der Waals surface area contributed by atoms with Crippen molar-refractivity contribution in [2.75, 3.05) is 0 Å². The van der Waals surface area contributed by atoms with Crippen molar-refractivity contribution in [2.45, 2.75) is 9.79 Å². The second-order valence-corrected chi connectivity index (χ2v) is 8.21. The van der Waals surface area contributed by atoms with Crippen molar-refractivity contribution in [3.63, 3.8) is 0 Å². The SMILES string of the molecule is O=C(c1ccc(Cl)cc1S(=O)(=O)O)c1ccc(Cl)cc1S(=O)(=O)O. The van der Waals surface area contributed by atoms with E-state index in [2.05, 4.69) is 0 Å². The number of hydrogen-bond acceptors (Lipinski definition) is 5. The Balaban J connectivity index is 2.77. The van der Waals surface area contributed by atoms with E-state index in [0.717, 1.165) is 24.3 Å². The van der Waals surface area contributed by atoms with Crippen LogP contribution in [0.15, 0.2) is 46.2 Å². The first-order valence-electron chi connectivity index (χ1n) is 6.00. The summed E-state index contributed by atoms with van der Waals surface area (Å²) < 4.78 is 64.2. The molecular weight excluding hydrogens is 403 g/mol. The molecule has 0 radical (unpaired) electrons. The number of carbonyl (C=O) groups is 1. The highest BCUT2D eigenvalue weighted by Crippen LogP contribution is 2.27. The molecule has 0 bridgehead atoms. The van der Waals surface area contributed by atoms with E-state index >= 15 is 0 Å². The van der Waals surface area contributed by atoms with Gasteiger partial charge in [-0.2, -0.15) is 16.8 Å². The lowest BCUT2D eigenvalue weighted by Crippen LogP contribution is -2.13. The van der Waals surface area contributed by atoms with E-state index < -0.39 is 46.9 Å². The van der Waals surface area contributed by atoms with Crippen LogP contribution in [-0.4, -0.2) is 31.7 Å². The summed E-state index contributed by atoms with van der Waals surface area (Å²) in [6, 6.07) is 6.08.